The van der Waals surface area contributed by atoms with Gasteiger partial charge in [0.25, 0.3) is 0 Å². The van der Waals surface area contributed by atoms with Gasteiger partial charge < -0.3 is 9.84 Å². The van der Waals surface area contributed by atoms with Crippen molar-refractivity contribution in [1.29, 1.82) is 0 Å². The molecule has 4 heterocycles. The molecule has 2 saturated heterocycles. The molecule has 2 fully saturated rings. The summed E-state index contributed by atoms with van der Waals surface area (Å²) in [6.45, 7) is 5.61. The summed E-state index contributed by atoms with van der Waals surface area (Å²) in [6, 6.07) is 2.14. The molecule has 7 heteroatoms. The van der Waals surface area contributed by atoms with Crippen molar-refractivity contribution in [2.75, 3.05) is 26.3 Å². The van der Waals surface area contributed by atoms with Gasteiger partial charge in [0.1, 0.15) is 0 Å². The highest BCUT2D eigenvalue weighted by molar-refractivity contribution is 5.78. The molecule has 0 bridgehead atoms. The third-order valence-corrected chi connectivity index (χ3v) is 6.22. The topological polar surface area (TPSA) is 80.5 Å². The van der Waals surface area contributed by atoms with Gasteiger partial charge in [0.15, 0.2) is 5.65 Å². The van der Waals surface area contributed by atoms with E-state index < -0.39 is 5.97 Å². The van der Waals surface area contributed by atoms with Crippen LogP contribution in [0.3, 0.4) is 0 Å². The molecule has 1 atom stereocenters. The number of nitrogens with zero attached hydrogens (tertiary/aromatic N) is 4. The maximum absolute atomic E-state index is 12.0. The van der Waals surface area contributed by atoms with E-state index in [1.54, 1.807) is 4.68 Å². The summed E-state index contributed by atoms with van der Waals surface area (Å²) in [6.07, 6.45) is 4.54. The Morgan fingerprint density at radius 2 is 2.15 bits per heavy atom. The molecule has 2 aromatic heterocycles. The summed E-state index contributed by atoms with van der Waals surface area (Å²) in [5, 5.41) is 15.3. The maximum atomic E-state index is 12.0. The second-order valence-corrected chi connectivity index (χ2v) is 7.77. The first-order valence-electron chi connectivity index (χ1n) is 9.30. The first-order chi connectivity index (χ1) is 12.5. The smallest absolute Gasteiger partial charge is 0.308 e. The van der Waals surface area contributed by atoms with Crippen molar-refractivity contribution in [2.24, 2.45) is 18.4 Å². The van der Waals surface area contributed by atoms with E-state index in [4.69, 9.17) is 4.74 Å². The Labute approximate surface area is 153 Å². The fourth-order valence-electron chi connectivity index (χ4n) is 4.65. The number of hydrogen-bond acceptors (Lipinski definition) is 5. The van der Waals surface area contributed by atoms with Crippen LogP contribution in [0.2, 0.25) is 0 Å². The van der Waals surface area contributed by atoms with Crippen LogP contribution < -0.4 is 0 Å². The Hall–Kier alpha value is -1.99. The van der Waals surface area contributed by atoms with Crippen molar-refractivity contribution >= 4 is 17.0 Å². The molecule has 1 spiro atoms. The standard InChI is InChI=1S/C19H26N4O3/c1-13-15-9-14(10-20-17(15)22(2)21-13)11-23-6-3-19(4-7-26-8-5-19)16(12-23)18(24)25/h9-10,16H,3-8,11-12H2,1-2H3,(H,24,25). The predicted molar refractivity (Wildman–Crippen MR) is 96.8 cm³/mol. The van der Waals surface area contributed by atoms with E-state index in [2.05, 4.69) is 21.0 Å². The lowest BCUT2D eigenvalue weighted by Crippen LogP contribution is -2.52. The number of piperidine rings is 1. The number of pyridine rings is 1. The molecule has 2 aliphatic heterocycles. The predicted octanol–water partition coefficient (Wildman–Crippen LogP) is 1.98. The fraction of sp³-hybridized carbons (Fsp3) is 0.632. The monoisotopic (exact) mass is 358 g/mol. The number of likely N-dealkylation sites (tertiary alicyclic amines) is 1. The Balaban J connectivity index is 1.52. The number of rotatable bonds is 3. The molecule has 0 aromatic carbocycles. The van der Waals surface area contributed by atoms with Gasteiger partial charge in [0.2, 0.25) is 0 Å². The first kappa shape index (κ1) is 17.4. The highest BCUT2D eigenvalue weighted by atomic mass is 16.5. The lowest BCUT2D eigenvalue weighted by molar-refractivity contribution is -0.156. The second kappa shape index (κ2) is 6.63. The number of carboxylic acid groups (broad SMARTS) is 1. The molecule has 1 unspecified atom stereocenters. The number of aliphatic carboxylic acids is 1. The summed E-state index contributed by atoms with van der Waals surface area (Å²) < 4.78 is 7.28. The van der Waals surface area contributed by atoms with Gasteiger partial charge in [-0.1, -0.05) is 0 Å². The van der Waals surface area contributed by atoms with Crippen molar-refractivity contribution in [3.05, 3.63) is 23.5 Å². The van der Waals surface area contributed by atoms with Gasteiger partial charge >= 0.3 is 5.97 Å². The SMILES string of the molecule is Cc1nn(C)c2ncc(CN3CCC4(CCOCC4)C(C(=O)O)C3)cc12. The molecule has 140 valence electrons. The zero-order valence-corrected chi connectivity index (χ0v) is 15.4. The van der Waals surface area contributed by atoms with Crippen LogP contribution >= 0.6 is 0 Å². The Bertz CT molecular complexity index is 826. The Morgan fingerprint density at radius 3 is 2.88 bits per heavy atom. The number of hydrogen-bond donors (Lipinski definition) is 1. The number of aryl methyl sites for hydroxylation is 2. The zero-order valence-electron chi connectivity index (χ0n) is 15.4. The largest absolute Gasteiger partial charge is 0.481 e. The molecular formula is C19H26N4O3. The first-order valence-corrected chi connectivity index (χ1v) is 9.30. The van der Waals surface area contributed by atoms with Gasteiger partial charge in [-0.3, -0.25) is 14.4 Å². The molecule has 4 rings (SSSR count). The van der Waals surface area contributed by atoms with Crippen molar-refractivity contribution in [3.8, 4) is 0 Å². The van der Waals surface area contributed by atoms with E-state index >= 15 is 0 Å². The summed E-state index contributed by atoms with van der Waals surface area (Å²) in [4.78, 5) is 18.8. The Kier molecular flexibility index (Phi) is 4.44. The number of carboxylic acids is 1. The maximum Gasteiger partial charge on any atom is 0.308 e. The molecule has 26 heavy (non-hydrogen) atoms. The van der Waals surface area contributed by atoms with Crippen molar-refractivity contribution < 1.29 is 14.6 Å². The van der Waals surface area contributed by atoms with Crippen molar-refractivity contribution in [2.45, 2.75) is 32.7 Å². The third-order valence-electron chi connectivity index (χ3n) is 6.22. The van der Waals surface area contributed by atoms with Crippen LogP contribution in [0.5, 0.6) is 0 Å². The molecule has 1 N–H and O–H groups in total. The molecule has 0 saturated carbocycles. The van der Waals surface area contributed by atoms with Gasteiger partial charge in [0.05, 0.1) is 11.6 Å². The van der Waals surface area contributed by atoms with E-state index in [0.29, 0.717) is 19.8 Å². The van der Waals surface area contributed by atoms with Gasteiger partial charge in [-0.25, -0.2) is 4.98 Å². The summed E-state index contributed by atoms with van der Waals surface area (Å²) in [7, 11) is 1.90. The van der Waals surface area contributed by atoms with E-state index in [0.717, 1.165) is 54.6 Å². The van der Waals surface area contributed by atoms with E-state index in [-0.39, 0.29) is 11.3 Å². The molecule has 2 aromatic rings. The third kappa shape index (κ3) is 2.99. The number of ether oxygens (including phenoxy) is 1. The second-order valence-electron chi connectivity index (χ2n) is 7.77. The summed E-state index contributed by atoms with van der Waals surface area (Å²) in [5.41, 5.74) is 2.87. The quantitative estimate of drug-likeness (QED) is 0.904. The average molecular weight is 358 g/mol. The molecule has 0 amide bonds. The molecule has 7 nitrogen and oxygen atoms in total. The normalized spacial score (nSPS) is 23.5. The van der Waals surface area contributed by atoms with Crippen LogP contribution in [0.15, 0.2) is 12.3 Å². The number of fused-ring (bicyclic) bond motifs is 1. The van der Waals surface area contributed by atoms with Crippen molar-refractivity contribution in [3.63, 3.8) is 0 Å². The molecule has 0 aliphatic carbocycles. The summed E-state index contributed by atoms with van der Waals surface area (Å²) in [5.74, 6) is -0.995. The average Bonchev–Trinajstić information content (AvgIpc) is 2.91. The summed E-state index contributed by atoms with van der Waals surface area (Å²) >= 11 is 0. The van der Waals surface area contributed by atoms with Gasteiger partial charge in [-0.2, -0.15) is 5.10 Å². The highest BCUT2D eigenvalue weighted by Crippen LogP contribution is 2.45. The van der Waals surface area contributed by atoms with Crippen LogP contribution in [-0.2, 0) is 23.1 Å². The number of aromatic nitrogens is 3. The fourth-order valence-corrected chi connectivity index (χ4v) is 4.65. The van der Waals surface area contributed by atoms with E-state index in [1.165, 1.54) is 0 Å². The zero-order chi connectivity index (χ0) is 18.3. The van der Waals surface area contributed by atoms with Crippen LogP contribution in [0, 0.1) is 18.3 Å². The molecule has 2 aliphatic rings. The van der Waals surface area contributed by atoms with E-state index in [1.807, 2.05) is 20.2 Å². The lowest BCUT2D eigenvalue weighted by atomic mass is 9.65. The minimum atomic E-state index is -0.673. The Morgan fingerprint density at radius 1 is 1.38 bits per heavy atom. The van der Waals surface area contributed by atoms with Gasteiger partial charge in [-0.15, -0.1) is 0 Å². The van der Waals surface area contributed by atoms with Crippen LogP contribution in [0.4, 0.5) is 0 Å². The lowest BCUT2D eigenvalue weighted by Gasteiger charge is -2.48. The van der Waals surface area contributed by atoms with Gasteiger partial charge in [0, 0.05) is 44.9 Å². The molecule has 0 radical (unpaired) electrons. The number of carbonyl (C=O) groups is 1. The van der Waals surface area contributed by atoms with Crippen LogP contribution in [0.1, 0.15) is 30.5 Å². The minimum absolute atomic E-state index is 0.0945. The minimum Gasteiger partial charge on any atom is -0.481 e. The van der Waals surface area contributed by atoms with Gasteiger partial charge in [-0.05, 0) is 49.8 Å². The van der Waals surface area contributed by atoms with Crippen LogP contribution in [-0.4, -0.2) is 57.0 Å². The van der Waals surface area contributed by atoms with Crippen molar-refractivity contribution in [1.82, 2.24) is 19.7 Å². The highest BCUT2D eigenvalue weighted by Gasteiger charge is 2.47. The van der Waals surface area contributed by atoms with Crippen LogP contribution in [0.25, 0.3) is 11.0 Å². The molecular weight excluding hydrogens is 332 g/mol. The van der Waals surface area contributed by atoms with E-state index in [9.17, 15) is 9.90 Å².